The molecule has 106 valence electrons. The molecule has 0 heterocycles. The summed E-state index contributed by atoms with van der Waals surface area (Å²) >= 11 is 0. The van der Waals surface area contributed by atoms with Gasteiger partial charge in [0, 0.05) is 12.6 Å². The number of halogens is 2. The van der Waals surface area contributed by atoms with Gasteiger partial charge in [-0.3, -0.25) is 0 Å². The van der Waals surface area contributed by atoms with Gasteiger partial charge in [0.2, 0.25) is 0 Å². The summed E-state index contributed by atoms with van der Waals surface area (Å²) in [4.78, 5) is 0. The second-order valence-corrected chi connectivity index (χ2v) is 5.19. The molecule has 0 bridgehead atoms. The first-order chi connectivity index (χ1) is 9.47. The van der Waals surface area contributed by atoms with Crippen LogP contribution in [0, 0.1) is 25.5 Å². The zero-order valence-corrected chi connectivity index (χ0v) is 12.0. The van der Waals surface area contributed by atoms with Gasteiger partial charge in [0.15, 0.2) is 11.6 Å². The van der Waals surface area contributed by atoms with Gasteiger partial charge >= 0.3 is 0 Å². The first-order valence-electron chi connectivity index (χ1n) is 6.72. The van der Waals surface area contributed by atoms with E-state index in [-0.39, 0.29) is 6.04 Å². The van der Waals surface area contributed by atoms with Crippen molar-refractivity contribution in [3.8, 4) is 0 Å². The van der Waals surface area contributed by atoms with Crippen LogP contribution in [0.2, 0.25) is 0 Å². The maximum absolute atomic E-state index is 13.2. The molecule has 2 rings (SSSR count). The Morgan fingerprint density at radius 1 is 0.950 bits per heavy atom. The Hall–Kier alpha value is -1.74. The van der Waals surface area contributed by atoms with Gasteiger partial charge < -0.3 is 5.32 Å². The Morgan fingerprint density at radius 3 is 2.35 bits per heavy atom. The molecule has 1 atom stereocenters. The van der Waals surface area contributed by atoms with Crippen LogP contribution in [0.3, 0.4) is 0 Å². The van der Waals surface area contributed by atoms with Crippen molar-refractivity contribution in [3.05, 3.63) is 70.3 Å². The van der Waals surface area contributed by atoms with E-state index >= 15 is 0 Å². The highest BCUT2D eigenvalue weighted by Crippen LogP contribution is 2.17. The molecule has 2 aromatic rings. The number of aryl methyl sites for hydroxylation is 2. The largest absolute Gasteiger partial charge is 0.306 e. The molecule has 1 N–H and O–H groups in total. The predicted octanol–water partition coefficient (Wildman–Crippen LogP) is 4.43. The fourth-order valence-corrected chi connectivity index (χ4v) is 2.08. The number of hydrogen-bond acceptors (Lipinski definition) is 1. The molecular formula is C17H19F2N. The van der Waals surface area contributed by atoms with E-state index in [1.165, 1.54) is 28.8 Å². The molecule has 0 radical (unpaired) electrons. The van der Waals surface area contributed by atoms with Crippen molar-refractivity contribution < 1.29 is 8.78 Å². The van der Waals surface area contributed by atoms with E-state index in [4.69, 9.17) is 0 Å². The van der Waals surface area contributed by atoms with Crippen LogP contribution in [0.4, 0.5) is 8.78 Å². The summed E-state index contributed by atoms with van der Waals surface area (Å²) in [6.07, 6.45) is 0. The van der Waals surface area contributed by atoms with E-state index < -0.39 is 11.6 Å². The van der Waals surface area contributed by atoms with Crippen LogP contribution in [0.25, 0.3) is 0 Å². The number of nitrogens with one attached hydrogen (secondary N) is 1. The van der Waals surface area contributed by atoms with Crippen LogP contribution in [-0.2, 0) is 6.54 Å². The molecule has 0 aliphatic carbocycles. The van der Waals surface area contributed by atoms with Crippen molar-refractivity contribution in [2.75, 3.05) is 0 Å². The molecule has 0 aliphatic heterocycles. The van der Waals surface area contributed by atoms with Crippen LogP contribution in [0.15, 0.2) is 36.4 Å². The van der Waals surface area contributed by atoms with Gasteiger partial charge in [-0.15, -0.1) is 0 Å². The molecule has 0 saturated carbocycles. The second kappa shape index (κ2) is 6.14. The molecule has 1 unspecified atom stereocenters. The van der Waals surface area contributed by atoms with Gasteiger partial charge in [0.1, 0.15) is 0 Å². The van der Waals surface area contributed by atoms with E-state index in [9.17, 15) is 8.78 Å². The van der Waals surface area contributed by atoms with Gasteiger partial charge in [-0.1, -0.05) is 24.3 Å². The van der Waals surface area contributed by atoms with Crippen molar-refractivity contribution in [1.29, 1.82) is 0 Å². The standard InChI is InChI=1S/C17H19F2N/c1-11-4-5-14(8-12(11)2)10-20-13(3)15-6-7-16(18)17(19)9-15/h4-9,13,20H,10H2,1-3H3. The lowest BCUT2D eigenvalue weighted by atomic mass is 10.0. The lowest BCUT2D eigenvalue weighted by molar-refractivity contribution is 0.500. The summed E-state index contributed by atoms with van der Waals surface area (Å²) in [6.45, 7) is 6.79. The Morgan fingerprint density at radius 2 is 1.70 bits per heavy atom. The van der Waals surface area contributed by atoms with Gasteiger partial charge in [0.05, 0.1) is 0 Å². The summed E-state index contributed by atoms with van der Waals surface area (Å²) < 4.78 is 26.1. The fourth-order valence-electron chi connectivity index (χ4n) is 2.08. The summed E-state index contributed by atoms with van der Waals surface area (Å²) in [5, 5.41) is 3.32. The summed E-state index contributed by atoms with van der Waals surface area (Å²) in [7, 11) is 0. The van der Waals surface area contributed by atoms with Crippen molar-refractivity contribution in [2.24, 2.45) is 0 Å². The highest BCUT2D eigenvalue weighted by atomic mass is 19.2. The van der Waals surface area contributed by atoms with Crippen LogP contribution in [-0.4, -0.2) is 0 Å². The summed E-state index contributed by atoms with van der Waals surface area (Å²) in [6, 6.07) is 10.3. The third kappa shape index (κ3) is 3.42. The minimum Gasteiger partial charge on any atom is -0.306 e. The zero-order valence-electron chi connectivity index (χ0n) is 12.0. The summed E-state index contributed by atoms with van der Waals surface area (Å²) in [5.74, 6) is -1.61. The Labute approximate surface area is 118 Å². The average molecular weight is 275 g/mol. The van der Waals surface area contributed by atoms with E-state index in [0.717, 1.165) is 5.56 Å². The van der Waals surface area contributed by atoms with Crippen molar-refractivity contribution in [3.63, 3.8) is 0 Å². The topological polar surface area (TPSA) is 12.0 Å². The summed E-state index contributed by atoms with van der Waals surface area (Å²) in [5.41, 5.74) is 4.45. The van der Waals surface area contributed by atoms with Crippen molar-refractivity contribution in [1.82, 2.24) is 5.32 Å². The van der Waals surface area contributed by atoms with Crippen molar-refractivity contribution in [2.45, 2.75) is 33.4 Å². The SMILES string of the molecule is Cc1ccc(CNC(C)c2ccc(F)c(F)c2)cc1C. The first-order valence-corrected chi connectivity index (χ1v) is 6.72. The van der Waals surface area contributed by atoms with Gasteiger partial charge in [-0.05, 0) is 55.2 Å². The van der Waals surface area contributed by atoms with Crippen LogP contribution < -0.4 is 5.32 Å². The normalized spacial score (nSPS) is 12.4. The third-order valence-electron chi connectivity index (χ3n) is 3.63. The average Bonchev–Trinajstić information content (AvgIpc) is 2.43. The molecule has 1 nitrogen and oxygen atoms in total. The second-order valence-electron chi connectivity index (χ2n) is 5.19. The Kier molecular flexibility index (Phi) is 4.50. The molecular weight excluding hydrogens is 256 g/mol. The molecule has 0 aliphatic rings. The van der Waals surface area contributed by atoms with Gasteiger partial charge in [0.25, 0.3) is 0 Å². The minimum atomic E-state index is -0.810. The first kappa shape index (κ1) is 14.7. The van der Waals surface area contributed by atoms with E-state index in [1.54, 1.807) is 6.07 Å². The molecule has 0 saturated heterocycles. The smallest absolute Gasteiger partial charge is 0.159 e. The molecule has 20 heavy (non-hydrogen) atoms. The number of benzene rings is 2. The molecule has 2 aromatic carbocycles. The van der Waals surface area contributed by atoms with Crippen molar-refractivity contribution >= 4 is 0 Å². The number of hydrogen-bond donors (Lipinski definition) is 1. The lowest BCUT2D eigenvalue weighted by Gasteiger charge is -2.15. The maximum Gasteiger partial charge on any atom is 0.159 e. The van der Waals surface area contributed by atoms with E-state index in [0.29, 0.717) is 6.54 Å². The maximum atomic E-state index is 13.2. The monoisotopic (exact) mass is 275 g/mol. The van der Waals surface area contributed by atoms with Gasteiger partial charge in [-0.2, -0.15) is 0 Å². The third-order valence-corrected chi connectivity index (χ3v) is 3.63. The van der Waals surface area contributed by atoms with Crippen LogP contribution in [0.5, 0.6) is 0 Å². The zero-order chi connectivity index (χ0) is 14.7. The Bertz CT molecular complexity index is 608. The molecule has 0 aromatic heterocycles. The highest BCUT2D eigenvalue weighted by Gasteiger charge is 2.09. The van der Waals surface area contributed by atoms with Gasteiger partial charge in [-0.25, -0.2) is 8.78 Å². The van der Waals surface area contributed by atoms with Crippen LogP contribution >= 0.6 is 0 Å². The molecule has 0 amide bonds. The van der Waals surface area contributed by atoms with E-state index in [2.05, 4.69) is 37.4 Å². The Balaban J connectivity index is 2.02. The minimum absolute atomic E-state index is 0.0355. The molecule has 0 spiro atoms. The van der Waals surface area contributed by atoms with Crippen LogP contribution in [0.1, 0.15) is 35.2 Å². The van der Waals surface area contributed by atoms with E-state index in [1.807, 2.05) is 6.92 Å². The fraction of sp³-hybridized carbons (Fsp3) is 0.294. The molecule has 3 heteroatoms. The number of rotatable bonds is 4. The lowest BCUT2D eigenvalue weighted by Crippen LogP contribution is -2.18. The molecule has 0 fully saturated rings. The highest BCUT2D eigenvalue weighted by molar-refractivity contribution is 5.30. The quantitative estimate of drug-likeness (QED) is 0.870. The predicted molar refractivity (Wildman–Crippen MR) is 77.5 cm³/mol.